The van der Waals surface area contributed by atoms with Crippen LogP contribution in [0.15, 0.2) is 65.8 Å². The van der Waals surface area contributed by atoms with Gasteiger partial charge in [-0.3, -0.25) is 9.48 Å². The van der Waals surface area contributed by atoms with Gasteiger partial charge in [0.2, 0.25) is 0 Å². The zero-order chi connectivity index (χ0) is 22.0. The molecule has 0 saturated carbocycles. The van der Waals surface area contributed by atoms with Crippen molar-refractivity contribution in [2.45, 2.75) is 25.8 Å². The normalized spacial score (nSPS) is 12.1. The Bertz CT molecular complexity index is 1280. The summed E-state index contributed by atoms with van der Waals surface area (Å²) in [5.74, 6) is 0.151. The molecule has 4 aromatic rings. The molecule has 0 radical (unpaired) electrons. The second-order valence-electron chi connectivity index (χ2n) is 7.24. The molecule has 0 spiro atoms. The first-order valence-electron chi connectivity index (χ1n) is 9.92. The number of aromatic nitrogens is 5. The van der Waals surface area contributed by atoms with Crippen molar-refractivity contribution in [3.8, 4) is 11.3 Å². The van der Waals surface area contributed by atoms with E-state index in [1.807, 2.05) is 26.1 Å². The third-order valence-electron chi connectivity index (χ3n) is 5.26. The van der Waals surface area contributed by atoms with Gasteiger partial charge in [0.05, 0.1) is 16.8 Å². The van der Waals surface area contributed by atoms with E-state index in [1.165, 1.54) is 12.1 Å². The van der Waals surface area contributed by atoms with E-state index in [-0.39, 0.29) is 16.6 Å². The van der Waals surface area contributed by atoms with Crippen LogP contribution in [-0.2, 0) is 13.5 Å². The van der Waals surface area contributed by atoms with Crippen LogP contribution in [0.1, 0.15) is 36.5 Å². The summed E-state index contributed by atoms with van der Waals surface area (Å²) in [6.45, 7) is 1.95. The molecular formula is C23H21ClFN5O. The molecule has 0 amide bonds. The average molecular weight is 438 g/mol. The first kappa shape index (κ1) is 20.9. The fraction of sp³-hybridized carbons (Fsp3) is 0.217. The van der Waals surface area contributed by atoms with Gasteiger partial charge in [0.25, 0.3) is 5.56 Å². The van der Waals surface area contributed by atoms with Crippen molar-refractivity contribution in [3.63, 3.8) is 0 Å². The lowest BCUT2D eigenvalue weighted by Gasteiger charge is -2.19. The molecular weight excluding hydrogens is 417 g/mol. The van der Waals surface area contributed by atoms with Gasteiger partial charge in [0.15, 0.2) is 0 Å². The van der Waals surface area contributed by atoms with Crippen LogP contribution in [0.5, 0.6) is 0 Å². The molecule has 0 aliphatic carbocycles. The summed E-state index contributed by atoms with van der Waals surface area (Å²) in [7, 11) is 1.87. The summed E-state index contributed by atoms with van der Waals surface area (Å²) in [6, 6.07) is 11.4. The average Bonchev–Trinajstić information content (AvgIpc) is 3.16. The van der Waals surface area contributed by atoms with Gasteiger partial charge in [0.1, 0.15) is 11.6 Å². The van der Waals surface area contributed by atoms with E-state index in [1.54, 1.807) is 46.0 Å². The summed E-state index contributed by atoms with van der Waals surface area (Å²) in [5.41, 5.74) is 2.87. The van der Waals surface area contributed by atoms with Gasteiger partial charge in [-0.25, -0.2) is 14.4 Å². The Morgan fingerprint density at radius 2 is 1.97 bits per heavy atom. The first-order chi connectivity index (χ1) is 15.0. The molecule has 1 aromatic carbocycles. The number of hydrogen-bond acceptors (Lipinski definition) is 4. The van der Waals surface area contributed by atoms with Crippen molar-refractivity contribution in [2.75, 3.05) is 0 Å². The summed E-state index contributed by atoms with van der Waals surface area (Å²) in [4.78, 5) is 21.9. The maximum absolute atomic E-state index is 13.9. The molecule has 8 heteroatoms. The maximum Gasteiger partial charge on any atom is 0.251 e. The summed E-state index contributed by atoms with van der Waals surface area (Å²) in [6.07, 6.45) is 6.31. The zero-order valence-electron chi connectivity index (χ0n) is 17.2. The third-order valence-corrected chi connectivity index (χ3v) is 5.57. The highest BCUT2D eigenvalue weighted by Crippen LogP contribution is 2.25. The van der Waals surface area contributed by atoms with Crippen LogP contribution in [0, 0.1) is 5.82 Å². The predicted octanol–water partition coefficient (Wildman–Crippen LogP) is 4.42. The number of halogens is 2. The third kappa shape index (κ3) is 4.41. The minimum Gasteiger partial charge on any atom is -0.308 e. The summed E-state index contributed by atoms with van der Waals surface area (Å²) < 4.78 is 17.3. The largest absolute Gasteiger partial charge is 0.308 e. The minimum absolute atomic E-state index is 0.0620. The van der Waals surface area contributed by atoms with Crippen LogP contribution >= 0.6 is 11.6 Å². The molecule has 0 fully saturated rings. The van der Waals surface area contributed by atoms with Crippen LogP contribution in [0.25, 0.3) is 11.3 Å². The molecule has 3 aromatic heterocycles. The Labute approximate surface area is 184 Å². The van der Waals surface area contributed by atoms with Gasteiger partial charge >= 0.3 is 0 Å². The van der Waals surface area contributed by atoms with E-state index >= 15 is 0 Å². The Morgan fingerprint density at radius 3 is 2.65 bits per heavy atom. The quantitative estimate of drug-likeness (QED) is 0.448. The van der Waals surface area contributed by atoms with Crippen molar-refractivity contribution < 1.29 is 4.39 Å². The lowest BCUT2D eigenvalue weighted by atomic mass is 10.0. The Hall–Kier alpha value is -3.32. The molecule has 0 saturated heterocycles. The number of benzene rings is 1. The molecule has 4 rings (SSSR count). The highest BCUT2D eigenvalue weighted by atomic mass is 35.5. The Morgan fingerprint density at radius 1 is 1.13 bits per heavy atom. The second kappa shape index (κ2) is 8.81. The molecule has 3 heterocycles. The number of hydrogen-bond donors (Lipinski definition) is 0. The predicted molar refractivity (Wildman–Crippen MR) is 118 cm³/mol. The van der Waals surface area contributed by atoms with Gasteiger partial charge in [-0.1, -0.05) is 24.6 Å². The van der Waals surface area contributed by atoms with Crippen LogP contribution in [0.3, 0.4) is 0 Å². The Kier molecular flexibility index (Phi) is 5.95. The number of pyridine rings is 1. The van der Waals surface area contributed by atoms with E-state index in [9.17, 15) is 9.18 Å². The van der Waals surface area contributed by atoms with Crippen LogP contribution in [0.2, 0.25) is 5.02 Å². The van der Waals surface area contributed by atoms with Crippen molar-refractivity contribution >= 4 is 11.6 Å². The molecule has 0 bridgehead atoms. The molecule has 1 atom stereocenters. The molecule has 158 valence electrons. The fourth-order valence-electron chi connectivity index (χ4n) is 3.60. The van der Waals surface area contributed by atoms with E-state index in [0.29, 0.717) is 35.5 Å². The van der Waals surface area contributed by atoms with Gasteiger partial charge in [0, 0.05) is 49.4 Å². The topological polar surface area (TPSA) is 65.6 Å². The van der Waals surface area contributed by atoms with E-state index in [2.05, 4.69) is 15.1 Å². The molecule has 31 heavy (non-hydrogen) atoms. The van der Waals surface area contributed by atoms with Crippen LogP contribution < -0.4 is 5.56 Å². The zero-order valence-corrected chi connectivity index (χ0v) is 17.9. The van der Waals surface area contributed by atoms with E-state index in [4.69, 9.17) is 11.6 Å². The Balaban J connectivity index is 1.64. The number of rotatable bonds is 6. The number of aryl methyl sites for hydroxylation is 1. The fourth-order valence-corrected chi connectivity index (χ4v) is 3.72. The molecule has 0 unspecified atom stereocenters. The second-order valence-corrected chi connectivity index (χ2v) is 7.65. The minimum atomic E-state index is -0.496. The van der Waals surface area contributed by atoms with Crippen molar-refractivity contribution in [2.24, 2.45) is 7.05 Å². The molecule has 0 aliphatic heterocycles. The summed E-state index contributed by atoms with van der Waals surface area (Å²) >= 11 is 5.80. The lowest BCUT2D eigenvalue weighted by Crippen LogP contribution is -2.24. The van der Waals surface area contributed by atoms with Crippen molar-refractivity contribution in [1.82, 2.24) is 24.3 Å². The van der Waals surface area contributed by atoms with E-state index < -0.39 is 5.82 Å². The SMILES string of the molecule is CC[C@H](c1ccc(Cl)c(F)c1)n1ccc(-c2ccnc(Cc3ccnn3C)n2)cc1=O. The molecule has 0 N–H and O–H groups in total. The van der Waals surface area contributed by atoms with Crippen LogP contribution in [-0.4, -0.2) is 24.3 Å². The van der Waals surface area contributed by atoms with E-state index in [0.717, 1.165) is 5.69 Å². The van der Waals surface area contributed by atoms with Gasteiger partial charge < -0.3 is 4.57 Å². The maximum atomic E-state index is 13.9. The summed E-state index contributed by atoms with van der Waals surface area (Å²) in [5, 5.41) is 4.22. The van der Waals surface area contributed by atoms with Gasteiger partial charge in [-0.05, 0) is 42.3 Å². The smallest absolute Gasteiger partial charge is 0.251 e. The van der Waals surface area contributed by atoms with Gasteiger partial charge in [-0.2, -0.15) is 5.10 Å². The van der Waals surface area contributed by atoms with Gasteiger partial charge in [-0.15, -0.1) is 0 Å². The van der Waals surface area contributed by atoms with Crippen LogP contribution in [0.4, 0.5) is 4.39 Å². The van der Waals surface area contributed by atoms with Crippen molar-refractivity contribution in [1.29, 1.82) is 0 Å². The number of nitrogens with zero attached hydrogens (tertiary/aromatic N) is 5. The highest BCUT2D eigenvalue weighted by Gasteiger charge is 2.16. The first-order valence-corrected chi connectivity index (χ1v) is 10.3. The molecule has 0 aliphatic rings. The van der Waals surface area contributed by atoms with Crippen molar-refractivity contribution in [3.05, 3.63) is 99.3 Å². The lowest BCUT2D eigenvalue weighted by molar-refractivity contribution is 0.541. The highest BCUT2D eigenvalue weighted by molar-refractivity contribution is 6.30. The monoisotopic (exact) mass is 437 g/mol. The standard InChI is InChI=1S/C23H21ClFN5O/c1-3-21(16-4-5-18(24)19(25)12-16)30-11-8-15(13-23(30)31)20-7-9-26-22(28-20)14-17-6-10-27-29(17)2/h4-13,21H,3,14H2,1-2H3/t21-/m1/s1. The molecule has 6 nitrogen and oxygen atoms in total.